The van der Waals surface area contributed by atoms with Gasteiger partial charge >= 0.3 is 16.3 Å². The summed E-state index contributed by atoms with van der Waals surface area (Å²) in [6.45, 7) is 1.37. The minimum absolute atomic E-state index is 0.265. The number of amides is 1. The summed E-state index contributed by atoms with van der Waals surface area (Å²) in [5.74, 6) is 0.265. The van der Waals surface area contributed by atoms with Crippen molar-refractivity contribution in [2.24, 2.45) is 0 Å². The van der Waals surface area contributed by atoms with Gasteiger partial charge in [-0.2, -0.15) is 12.7 Å². The number of morpholine rings is 1. The maximum absolute atomic E-state index is 12.2. The Morgan fingerprint density at radius 2 is 2.00 bits per heavy atom. The van der Waals surface area contributed by atoms with Crippen LogP contribution in [0.1, 0.15) is 0 Å². The number of anilines is 1. The summed E-state index contributed by atoms with van der Waals surface area (Å²) in [5.41, 5.74) is 0.329. The SMILES string of the molecule is CN(C)C(=O)Oc1cccc(NS(=O)(=O)N2CCOCC2)c1. The molecule has 0 unspecified atom stereocenters. The molecule has 0 aliphatic carbocycles. The lowest BCUT2D eigenvalue weighted by molar-refractivity contribution is 0.0733. The van der Waals surface area contributed by atoms with Crippen LogP contribution in [0.3, 0.4) is 0 Å². The molecule has 22 heavy (non-hydrogen) atoms. The zero-order chi connectivity index (χ0) is 16.2. The third-order valence-electron chi connectivity index (χ3n) is 2.96. The predicted octanol–water partition coefficient (Wildman–Crippen LogP) is 0.736. The van der Waals surface area contributed by atoms with E-state index in [0.29, 0.717) is 32.0 Å². The summed E-state index contributed by atoms with van der Waals surface area (Å²) in [5, 5.41) is 0. The first-order valence-electron chi connectivity index (χ1n) is 6.73. The van der Waals surface area contributed by atoms with Crippen LogP contribution in [0.4, 0.5) is 10.5 Å². The molecule has 0 aromatic heterocycles. The molecule has 1 aliphatic heterocycles. The fourth-order valence-corrected chi connectivity index (χ4v) is 3.00. The van der Waals surface area contributed by atoms with Crippen molar-refractivity contribution in [3.05, 3.63) is 24.3 Å². The smallest absolute Gasteiger partial charge is 0.410 e. The van der Waals surface area contributed by atoms with Crippen LogP contribution in [0.25, 0.3) is 0 Å². The Kier molecular flexibility index (Phi) is 5.22. The number of nitrogens with one attached hydrogen (secondary N) is 1. The van der Waals surface area contributed by atoms with Crippen molar-refractivity contribution in [2.75, 3.05) is 45.1 Å². The molecule has 122 valence electrons. The summed E-state index contributed by atoms with van der Waals surface area (Å²) in [4.78, 5) is 12.8. The van der Waals surface area contributed by atoms with E-state index in [9.17, 15) is 13.2 Å². The van der Waals surface area contributed by atoms with E-state index in [1.807, 2.05) is 0 Å². The third kappa shape index (κ3) is 4.33. The Morgan fingerprint density at radius 3 is 2.64 bits per heavy atom. The normalized spacial score (nSPS) is 16.1. The molecule has 1 aliphatic rings. The lowest BCUT2D eigenvalue weighted by Crippen LogP contribution is -2.43. The Hall–Kier alpha value is -1.84. The number of ether oxygens (including phenoxy) is 2. The average molecular weight is 329 g/mol. The maximum Gasteiger partial charge on any atom is 0.414 e. The molecule has 0 radical (unpaired) electrons. The number of hydrogen-bond acceptors (Lipinski definition) is 5. The second kappa shape index (κ2) is 6.95. The van der Waals surface area contributed by atoms with Crippen molar-refractivity contribution in [1.82, 2.24) is 9.21 Å². The molecule has 1 fully saturated rings. The first kappa shape index (κ1) is 16.5. The van der Waals surface area contributed by atoms with Crippen molar-refractivity contribution >= 4 is 22.0 Å². The van der Waals surface area contributed by atoms with Crippen LogP contribution in [-0.4, -0.2) is 64.1 Å². The van der Waals surface area contributed by atoms with Crippen LogP contribution >= 0.6 is 0 Å². The highest BCUT2D eigenvalue weighted by atomic mass is 32.2. The van der Waals surface area contributed by atoms with E-state index in [1.165, 1.54) is 15.3 Å². The lowest BCUT2D eigenvalue weighted by Gasteiger charge is -2.26. The monoisotopic (exact) mass is 329 g/mol. The first-order valence-corrected chi connectivity index (χ1v) is 8.17. The molecular formula is C13H19N3O5S. The van der Waals surface area contributed by atoms with E-state index in [0.717, 1.165) is 0 Å². The molecule has 0 atom stereocenters. The molecule has 0 saturated carbocycles. The quantitative estimate of drug-likeness (QED) is 0.880. The van der Waals surface area contributed by atoms with Gasteiger partial charge in [-0.25, -0.2) is 4.79 Å². The number of carbonyl (C=O) groups excluding carboxylic acids is 1. The molecule has 0 spiro atoms. The van der Waals surface area contributed by atoms with Crippen LogP contribution in [0.15, 0.2) is 24.3 Å². The Morgan fingerprint density at radius 1 is 1.32 bits per heavy atom. The Balaban J connectivity index is 2.07. The summed E-state index contributed by atoms with van der Waals surface area (Å²) in [6, 6.07) is 6.23. The van der Waals surface area contributed by atoms with E-state index in [2.05, 4.69) is 4.72 Å². The number of nitrogens with zero attached hydrogens (tertiary/aromatic N) is 2. The van der Waals surface area contributed by atoms with Gasteiger partial charge in [-0.1, -0.05) is 6.07 Å². The summed E-state index contributed by atoms with van der Waals surface area (Å²) in [7, 11) is -0.520. The highest BCUT2D eigenvalue weighted by molar-refractivity contribution is 7.90. The summed E-state index contributed by atoms with van der Waals surface area (Å²) in [6.07, 6.45) is -0.534. The highest BCUT2D eigenvalue weighted by Crippen LogP contribution is 2.20. The molecule has 9 heteroatoms. The van der Waals surface area contributed by atoms with Gasteiger partial charge in [-0.3, -0.25) is 4.72 Å². The van der Waals surface area contributed by atoms with Crippen molar-refractivity contribution in [3.63, 3.8) is 0 Å². The zero-order valence-corrected chi connectivity index (χ0v) is 13.3. The third-order valence-corrected chi connectivity index (χ3v) is 4.50. The van der Waals surface area contributed by atoms with E-state index >= 15 is 0 Å². The minimum Gasteiger partial charge on any atom is -0.410 e. The molecule has 1 heterocycles. The molecule has 1 N–H and O–H groups in total. The number of carbonyl (C=O) groups is 1. The largest absolute Gasteiger partial charge is 0.414 e. The number of rotatable bonds is 4. The number of benzene rings is 1. The molecule has 1 saturated heterocycles. The topological polar surface area (TPSA) is 88.2 Å². The standard InChI is InChI=1S/C13H19N3O5S/c1-15(2)13(17)21-12-5-3-4-11(10-12)14-22(18,19)16-6-8-20-9-7-16/h3-5,10,14H,6-9H2,1-2H3. The highest BCUT2D eigenvalue weighted by Gasteiger charge is 2.24. The first-order chi connectivity index (χ1) is 10.4. The molecule has 1 aromatic rings. The van der Waals surface area contributed by atoms with Gasteiger partial charge in [0.15, 0.2) is 0 Å². The number of hydrogen-bond donors (Lipinski definition) is 1. The summed E-state index contributed by atoms with van der Waals surface area (Å²) < 4.78 is 38.5. The van der Waals surface area contributed by atoms with Crippen LogP contribution in [-0.2, 0) is 14.9 Å². The predicted molar refractivity (Wildman–Crippen MR) is 81.1 cm³/mol. The van der Waals surface area contributed by atoms with Crippen LogP contribution < -0.4 is 9.46 Å². The van der Waals surface area contributed by atoms with E-state index < -0.39 is 16.3 Å². The summed E-state index contributed by atoms with van der Waals surface area (Å²) >= 11 is 0. The second-order valence-corrected chi connectivity index (χ2v) is 6.58. The minimum atomic E-state index is -3.65. The van der Waals surface area contributed by atoms with Gasteiger partial charge in [-0.05, 0) is 12.1 Å². The molecule has 8 nitrogen and oxygen atoms in total. The fraction of sp³-hybridized carbons (Fsp3) is 0.462. The van der Waals surface area contributed by atoms with Gasteiger partial charge in [0, 0.05) is 33.3 Å². The molecule has 1 amide bonds. The zero-order valence-electron chi connectivity index (χ0n) is 12.5. The Bertz CT molecular complexity index is 626. The van der Waals surface area contributed by atoms with Gasteiger partial charge in [0.25, 0.3) is 0 Å². The van der Waals surface area contributed by atoms with E-state index in [-0.39, 0.29) is 5.75 Å². The average Bonchev–Trinajstić information content (AvgIpc) is 2.48. The van der Waals surface area contributed by atoms with Crippen molar-refractivity contribution in [3.8, 4) is 5.75 Å². The van der Waals surface area contributed by atoms with Crippen LogP contribution in [0, 0.1) is 0 Å². The van der Waals surface area contributed by atoms with E-state index in [4.69, 9.17) is 9.47 Å². The fourth-order valence-electron chi connectivity index (χ4n) is 1.82. The maximum atomic E-state index is 12.2. The second-order valence-electron chi connectivity index (χ2n) is 4.91. The van der Waals surface area contributed by atoms with Crippen molar-refractivity contribution in [2.45, 2.75) is 0 Å². The molecule has 0 bridgehead atoms. The van der Waals surface area contributed by atoms with Crippen LogP contribution in [0.2, 0.25) is 0 Å². The van der Waals surface area contributed by atoms with Gasteiger partial charge < -0.3 is 14.4 Å². The van der Waals surface area contributed by atoms with Gasteiger partial charge in [0.2, 0.25) is 0 Å². The lowest BCUT2D eigenvalue weighted by atomic mass is 10.3. The molecule has 1 aromatic carbocycles. The molecular weight excluding hydrogens is 310 g/mol. The van der Waals surface area contributed by atoms with Crippen molar-refractivity contribution in [1.29, 1.82) is 0 Å². The van der Waals surface area contributed by atoms with Crippen LogP contribution in [0.5, 0.6) is 5.75 Å². The molecule has 2 rings (SSSR count). The Labute approximate surface area is 129 Å². The van der Waals surface area contributed by atoms with Crippen molar-refractivity contribution < 1.29 is 22.7 Å². The van der Waals surface area contributed by atoms with Gasteiger partial charge in [0.05, 0.1) is 18.9 Å². The van der Waals surface area contributed by atoms with Gasteiger partial charge in [-0.15, -0.1) is 0 Å². The van der Waals surface area contributed by atoms with Gasteiger partial charge in [0.1, 0.15) is 5.75 Å². The van der Waals surface area contributed by atoms with E-state index in [1.54, 1.807) is 32.3 Å².